The van der Waals surface area contributed by atoms with E-state index in [1.807, 2.05) is 13.8 Å². The molecule has 0 unspecified atom stereocenters. The largest absolute Gasteiger partial charge is 0.508 e. The van der Waals surface area contributed by atoms with Crippen LogP contribution in [0, 0.1) is 0 Å². The van der Waals surface area contributed by atoms with Crippen molar-refractivity contribution in [3.63, 3.8) is 0 Å². The Kier molecular flexibility index (Phi) is 4.89. The van der Waals surface area contributed by atoms with Crippen LogP contribution in [0.2, 0.25) is 0 Å². The van der Waals surface area contributed by atoms with Crippen molar-refractivity contribution in [2.75, 3.05) is 13.7 Å². The van der Waals surface area contributed by atoms with Gasteiger partial charge >= 0.3 is 0 Å². The molecule has 0 saturated carbocycles. The molecule has 1 heterocycles. The number of methoxy groups -OCH3 is 1. The van der Waals surface area contributed by atoms with Gasteiger partial charge in [0.2, 0.25) is 0 Å². The third kappa shape index (κ3) is 3.38. The zero-order valence-electron chi connectivity index (χ0n) is 15.1. The summed E-state index contributed by atoms with van der Waals surface area (Å²) in [5.41, 5.74) is 3.01. The molecule has 0 aliphatic carbocycles. The van der Waals surface area contributed by atoms with E-state index in [4.69, 9.17) is 9.47 Å². The van der Waals surface area contributed by atoms with Gasteiger partial charge in [-0.1, -0.05) is 17.7 Å². The number of phenolic OH excluding ortho intramolecular Hbond substituents is 2. The van der Waals surface area contributed by atoms with E-state index in [1.54, 1.807) is 25.3 Å². The number of aromatic hydroxyl groups is 2. The number of ketones is 1. The van der Waals surface area contributed by atoms with Crippen LogP contribution < -0.4 is 9.47 Å². The zero-order chi connectivity index (χ0) is 18.8. The van der Waals surface area contributed by atoms with Crippen molar-refractivity contribution in [3.05, 3.63) is 58.7 Å². The highest BCUT2D eigenvalue weighted by atomic mass is 16.5. The van der Waals surface area contributed by atoms with E-state index in [-0.39, 0.29) is 23.9 Å². The maximum Gasteiger partial charge on any atom is 0.177 e. The number of phenols is 2. The molecular weight excluding hydrogens is 332 g/mol. The Labute approximate surface area is 152 Å². The predicted molar refractivity (Wildman–Crippen MR) is 98.5 cm³/mol. The smallest absolute Gasteiger partial charge is 0.177 e. The van der Waals surface area contributed by atoms with Crippen LogP contribution in [-0.2, 0) is 6.42 Å². The van der Waals surface area contributed by atoms with Crippen LogP contribution in [0.25, 0.3) is 0 Å². The SMILES string of the molecule is COc1cc2c(cc1CC=C(C)C)C(=O)[C@H](c1ccc(O)cc1O)CO2. The highest BCUT2D eigenvalue weighted by Gasteiger charge is 2.33. The molecule has 2 aromatic rings. The Morgan fingerprint density at radius 1 is 1.27 bits per heavy atom. The summed E-state index contributed by atoms with van der Waals surface area (Å²) in [4.78, 5) is 13.0. The topological polar surface area (TPSA) is 76.0 Å². The van der Waals surface area contributed by atoms with Crippen molar-refractivity contribution >= 4 is 5.78 Å². The molecule has 2 N–H and O–H groups in total. The Morgan fingerprint density at radius 3 is 2.69 bits per heavy atom. The lowest BCUT2D eigenvalue weighted by Gasteiger charge is -2.26. The van der Waals surface area contributed by atoms with Gasteiger partial charge in [0.05, 0.1) is 18.6 Å². The minimum absolute atomic E-state index is 0.0513. The summed E-state index contributed by atoms with van der Waals surface area (Å²) < 4.78 is 11.2. The van der Waals surface area contributed by atoms with Crippen LogP contribution in [0.4, 0.5) is 0 Å². The Bertz CT molecular complexity index is 878. The normalized spacial score (nSPS) is 15.8. The molecule has 26 heavy (non-hydrogen) atoms. The van der Waals surface area contributed by atoms with Crippen molar-refractivity contribution in [3.8, 4) is 23.0 Å². The second kappa shape index (κ2) is 7.12. The molecule has 0 saturated heterocycles. The van der Waals surface area contributed by atoms with E-state index >= 15 is 0 Å². The zero-order valence-corrected chi connectivity index (χ0v) is 15.1. The number of fused-ring (bicyclic) bond motifs is 1. The Balaban J connectivity index is 2.00. The molecule has 3 rings (SSSR count). The number of ether oxygens (including phenoxy) is 2. The summed E-state index contributed by atoms with van der Waals surface area (Å²) in [5.74, 6) is 0.265. The Hall–Kier alpha value is -2.95. The van der Waals surface area contributed by atoms with E-state index in [0.717, 1.165) is 5.56 Å². The van der Waals surface area contributed by atoms with Gasteiger partial charge in [0, 0.05) is 17.7 Å². The maximum atomic E-state index is 13.0. The number of allylic oxidation sites excluding steroid dienone is 2. The lowest BCUT2D eigenvalue weighted by molar-refractivity contribution is 0.0893. The standard InChI is InChI=1S/C21H22O5/c1-12(2)4-5-13-8-16-20(10-19(13)25-3)26-11-17(21(16)24)15-7-6-14(22)9-18(15)23/h4,6-10,17,22-23H,5,11H2,1-3H3/t17-/m0/s1. The van der Waals surface area contributed by atoms with Gasteiger partial charge in [-0.05, 0) is 38.0 Å². The van der Waals surface area contributed by atoms with Crippen molar-refractivity contribution in [1.29, 1.82) is 0 Å². The van der Waals surface area contributed by atoms with Crippen LogP contribution in [0.5, 0.6) is 23.0 Å². The fraction of sp³-hybridized carbons (Fsp3) is 0.286. The van der Waals surface area contributed by atoms with Crippen LogP contribution in [0.1, 0.15) is 41.3 Å². The predicted octanol–water partition coefficient (Wildman–Crippen LogP) is 3.97. The van der Waals surface area contributed by atoms with E-state index < -0.39 is 5.92 Å². The van der Waals surface area contributed by atoms with Gasteiger partial charge in [0.25, 0.3) is 0 Å². The van der Waals surface area contributed by atoms with Crippen LogP contribution in [0.3, 0.4) is 0 Å². The summed E-state index contributed by atoms with van der Waals surface area (Å²) >= 11 is 0. The molecule has 0 aromatic heterocycles. The average molecular weight is 354 g/mol. The third-order valence-electron chi connectivity index (χ3n) is 4.49. The van der Waals surface area contributed by atoms with Crippen molar-refractivity contribution in [1.82, 2.24) is 0 Å². The summed E-state index contributed by atoms with van der Waals surface area (Å²) in [6.07, 6.45) is 2.73. The van der Waals surface area contributed by atoms with Gasteiger partial charge in [0.15, 0.2) is 5.78 Å². The molecule has 1 aliphatic rings. The highest BCUT2D eigenvalue weighted by Crippen LogP contribution is 2.39. The molecule has 2 aromatic carbocycles. The number of benzene rings is 2. The summed E-state index contributed by atoms with van der Waals surface area (Å²) in [5, 5.41) is 19.6. The van der Waals surface area contributed by atoms with Crippen molar-refractivity contribution < 1.29 is 24.5 Å². The molecule has 0 fully saturated rings. The molecule has 1 aliphatic heterocycles. The second-order valence-electron chi connectivity index (χ2n) is 6.62. The van der Waals surface area contributed by atoms with Gasteiger partial charge in [-0.2, -0.15) is 0 Å². The monoisotopic (exact) mass is 354 g/mol. The van der Waals surface area contributed by atoms with Crippen molar-refractivity contribution in [2.24, 2.45) is 0 Å². The minimum Gasteiger partial charge on any atom is -0.508 e. The second-order valence-corrected chi connectivity index (χ2v) is 6.62. The molecular formula is C21H22O5. The lowest BCUT2D eigenvalue weighted by Crippen LogP contribution is -2.26. The number of carbonyl (C=O) groups excluding carboxylic acids is 1. The minimum atomic E-state index is -0.618. The number of carbonyl (C=O) groups is 1. The van der Waals surface area contributed by atoms with Gasteiger partial charge < -0.3 is 19.7 Å². The van der Waals surface area contributed by atoms with Crippen LogP contribution >= 0.6 is 0 Å². The van der Waals surface area contributed by atoms with Gasteiger partial charge in [-0.15, -0.1) is 0 Å². The number of hydrogen-bond acceptors (Lipinski definition) is 5. The van der Waals surface area contributed by atoms with Gasteiger partial charge in [0.1, 0.15) is 29.6 Å². The summed E-state index contributed by atoms with van der Waals surface area (Å²) in [7, 11) is 1.59. The first kappa shape index (κ1) is 17.9. The number of Topliss-reactive ketones (excluding diaryl/α,β-unsaturated/α-hetero) is 1. The highest BCUT2D eigenvalue weighted by molar-refractivity contribution is 6.05. The van der Waals surface area contributed by atoms with E-state index in [0.29, 0.717) is 29.0 Å². The number of rotatable bonds is 4. The molecule has 0 amide bonds. The lowest BCUT2D eigenvalue weighted by atomic mass is 9.87. The molecule has 5 heteroatoms. The van der Waals surface area contributed by atoms with E-state index in [1.165, 1.54) is 17.7 Å². The van der Waals surface area contributed by atoms with Crippen LogP contribution in [0.15, 0.2) is 42.0 Å². The molecule has 0 spiro atoms. The molecule has 1 atom stereocenters. The molecule has 0 radical (unpaired) electrons. The molecule has 5 nitrogen and oxygen atoms in total. The van der Waals surface area contributed by atoms with Crippen LogP contribution in [-0.4, -0.2) is 29.7 Å². The Morgan fingerprint density at radius 2 is 2.04 bits per heavy atom. The first-order chi connectivity index (χ1) is 12.4. The first-order valence-corrected chi connectivity index (χ1v) is 8.44. The van der Waals surface area contributed by atoms with E-state index in [2.05, 4.69) is 6.08 Å². The van der Waals surface area contributed by atoms with Gasteiger partial charge in [-0.25, -0.2) is 0 Å². The third-order valence-corrected chi connectivity index (χ3v) is 4.49. The first-order valence-electron chi connectivity index (χ1n) is 8.44. The maximum absolute atomic E-state index is 13.0. The fourth-order valence-electron chi connectivity index (χ4n) is 3.08. The van der Waals surface area contributed by atoms with Crippen molar-refractivity contribution in [2.45, 2.75) is 26.2 Å². The number of hydrogen-bond donors (Lipinski definition) is 2. The van der Waals surface area contributed by atoms with E-state index in [9.17, 15) is 15.0 Å². The summed E-state index contributed by atoms with van der Waals surface area (Å²) in [6.45, 7) is 4.16. The fourth-order valence-corrected chi connectivity index (χ4v) is 3.08. The average Bonchev–Trinajstić information content (AvgIpc) is 2.60. The molecule has 0 bridgehead atoms. The molecule has 136 valence electrons. The summed E-state index contributed by atoms with van der Waals surface area (Å²) in [6, 6.07) is 7.78. The quantitative estimate of drug-likeness (QED) is 0.813. The van der Waals surface area contributed by atoms with Gasteiger partial charge in [-0.3, -0.25) is 4.79 Å².